The molecule has 1 unspecified atom stereocenters. The topological polar surface area (TPSA) is 70.5 Å². The second-order valence-corrected chi connectivity index (χ2v) is 8.95. The number of aromatic nitrogens is 2. The summed E-state index contributed by atoms with van der Waals surface area (Å²) in [5.41, 5.74) is 4.60. The smallest absolute Gasteiger partial charge is 0.252 e. The van der Waals surface area contributed by atoms with Crippen molar-refractivity contribution in [1.29, 1.82) is 0 Å². The molecular weight excluding hydrogens is 402 g/mol. The fourth-order valence-electron chi connectivity index (χ4n) is 5.16. The molecule has 0 saturated carbocycles. The maximum atomic E-state index is 12.0. The predicted octanol–water partition coefficient (Wildman–Crippen LogP) is 4.58. The number of aryl methyl sites for hydroxylation is 1. The van der Waals surface area contributed by atoms with Gasteiger partial charge in [-0.2, -0.15) is 0 Å². The number of piperidine rings is 1. The van der Waals surface area contributed by atoms with Crippen LogP contribution in [0.4, 0.5) is 0 Å². The molecule has 2 N–H and O–H groups in total. The molecule has 6 heteroatoms. The van der Waals surface area contributed by atoms with Crippen LogP contribution in [0.25, 0.3) is 22.2 Å². The van der Waals surface area contributed by atoms with E-state index in [-0.39, 0.29) is 11.3 Å². The lowest BCUT2D eigenvalue weighted by Gasteiger charge is -2.36. The number of fused-ring (bicyclic) bond motifs is 1. The van der Waals surface area contributed by atoms with Crippen LogP contribution >= 0.6 is 0 Å². The van der Waals surface area contributed by atoms with Crippen LogP contribution < -0.4 is 5.56 Å². The standard InChI is InChI=1S/C26H35N3O3/c1-4-22-24(30)16-25(31)27-26(22)18-10-11-23-19(14-18)15-21(28(23)2)17-29-12-6-5-8-20(29)9-7-13-32-3/h10-11,14-16,20H,4-9,12-13,17H2,1-3H3,(H2,27,30,31). The first-order chi connectivity index (χ1) is 15.5. The van der Waals surface area contributed by atoms with Gasteiger partial charge in [-0.25, -0.2) is 0 Å². The number of rotatable bonds is 8. The molecule has 32 heavy (non-hydrogen) atoms. The highest BCUT2D eigenvalue weighted by Crippen LogP contribution is 2.31. The monoisotopic (exact) mass is 437 g/mol. The number of H-pyrrole nitrogens is 1. The first-order valence-electron chi connectivity index (χ1n) is 11.8. The number of likely N-dealkylation sites (tertiary alicyclic amines) is 1. The third-order valence-corrected chi connectivity index (χ3v) is 6.91. The molecule has 0 amide bonds. The van der Waals surface area contributed by atoms with Crippen LogP contribution in [0.1, 0.15) is 50.3 Å². The summed E-state index contributed by atoms with van der Waals surface area (Å²) in [6.45, 7) is 4.91. The van der Waals surface area contributed by atoms with Crippen molar-refractivity contribution in [2.75, 3.05) is 20.3 Å². The number of nitrogens with zero attached hydrogens (tertiary/aromatic N) is 2. The second kappa shape index (κ2) is 9.92. The molecule has 1 aliphatic heterocycles. The van der Waals surface area contributed by atoms with Crippen molar-refractivity contribution >= 4 is 10.9 Å². The lowest BCUT2D eigenvalue weighted by atomic mass is 9.98. The van der Waals surface area contributed by atoms with Crippen LogP contribution in [0.5, 0.6) is 5.75 Å². The van der Waals surface area contributed by atoms with Crippen molar-refractivity contribution in [1.82, 2.24) is 14.5 Å². The Kier molecular flexibility index (Phi) is 7.01. The van der Waals surface area contributed by atoms with E-state index in [9.17, 15) is 9.90 Å². The summed E-state index contributed by atoms with van der Waals surface area (Å²) in [5, 5.41) is 11.4. The summed E-state index contributed by atoms with van der Waals surface area (Å²) >= 11 is 0. The number of hydrogen-bond acceptors (Lipinski definition) is 4. The summed E-state index contributed by atoms with van der Waals surface area (Å²) in [4.78, 5) is 17.5. The Morgan fingerprint density at radius 3 is 2.84 bits per heavy atom. The zero-order valence-electron chi connectivity index (χ0n) is 19.5. The Labute approximate surface area is 189 Å². The van der Waals surface area contributed by atoms with Crippen molar-refractivity contribution in [2.24, 2.45) is 7.05 Å². The van der Waals surface area contributed by atoms with Gasteiger partial charge in [-0.1, -0.05) is 19.4 Å². The van der Waals surface area contributed by atoms with E-state index in [4.69, 9.17) is 4.74 Å². The highest BCUT2D eigenvalue weighted by molar-refractivity contribution is 5.86. The first kappa shape index (κ1) is 22.6. The van der Waals surface area contributed by atoms with Gasteiger partial charge in [0, 0.05) is 61.6 Å². The summed E-state index contributed by atoms with van der Waals surface area (Å²) in [6.07, 6.45) is 6.79. The van der Waals surface area contributed by atoms with Gasteiger partial charge in [0.05, 0.1) is 5.69 Å². The number of methoxy groups -OCH3 is 1. The van der Waals surface area contributed by atoms with Crippen LogP contribution in [0.15, 0.2) is 35.1 Å². The number of ether oxygens (including phenoxy) is 1. The van der Waals surface area contributed by atoms with Crippen molar-refractivity contribution in [2.45, 2.75) is 58.0 Å². The molecule has 0 aliphatic carbocycles. The van der Waals surface area contributed by atoms with Crippen molar-refractivity contribution in [3.05, 3.63) is 51.9 Å². The molecule has 6 nitrogen and oxygen atoms in total. The molecule has 3 heterocycles. The molecular formula is C26H35N3O3. The zero-order chi connectivity index (χ0) is 22.7. The van der Waals surface area contributed by atoms with E-state index >= 15 is 0 Å². The third-order valence-electron chi connectivity index (χ3n) is 6.91. The summed E-state index contributed by atoms with van der Waals surface area (Å²) < 4.78 is 7.55. The average molecular weight is 438 g/mol. The van der Waals surface area contributed by atoms with Gasteiger partial charge in [0.2, 0.25) is 0 Å². The minimum absolute atomic E-state index is 0.0599. The van der Waals surface area contributed by atoms with Crippen molar-refractivity contribution in [3.63, 3.8) is 0 Å². The number of hydrogen-bond donors (Lipinski definition) is 2. The van der Waals surface area contributed by atoms with Crippen molar-refractivity contribution < 1.29 is 9.84 Å². The van der Waals surface area contributed by atoms with Crippen LogP contribution in [0.2, 0.25) is 0 Å². The quantitative estimate of drug-likeness (QED) is 0.506. The zero-order valence-corrected chi connectivity index (χ0v) is 19.5. The predicted molar refractivity (Wildman–Crippen MR) is 129 cm³/mol. The fraction of sp³-hybridized carbons (Fsp3) is 0.500. The maximum Gasteiger partial charge on any atom is 0.252 e. The summed E-state index contributed by atoms with van der Waals surface area (Å²) in [5.74, 6) is 0.0599. The minimum Gasteiger partial charge on any atom is -0.507 e. The Balaban J connectivity index is 1.63. The summed E-state index contributed by atoms with van der Waals surface area (Å²) in [7, 11) is 3.91. The van der Waals surface area contributed by atoms with E-state index in [0.29, 0.717) is 18.2 Å². The molecule has 3 aromatic rings. The van der Waals surface area contributed by atoms with Gasteiger partial charge >= 0.3 is 0 Å². The van der Waals surface area contributed by atoms with Crippen LogP contribution in [-0.4, -0.2) is 45.9 Å². The SMILES string of the molecule is CCc1c(O)cc(=O)[nH]c1-c1ccc2c(c1)cc(CN1CCCCC1CCCOC)n2C. The van der Waals surface area contributed by atoms with Gasteiger partial charge < -0.3 is 19.4 Å². The number of benzene rings is 1. The number of nitrogens with one attached hydrogen (secondary N) is 1. The largest absolute Gasteiger partial charge is 0.507 e. The number of aromatic amines is 1. The highest BCUT2D eigenvalue weighted by atomic mass is 16.5. The molecule has 172 valence electrons. The van der Waals surface area contributed by atoms with E-state index in [1.807, 2.05) is 13.0 Å². The fourth-order valence-corrected chi connectivity index (χ4v) is 5.16. The Morgan fingerprint density at radius 1 is 1.22 bits per heavy atom. The molecule has 0 bridgehead atoms. The van der Waals surface area contributed by atoms with E-state index in [1.54, 1.807) is 7.11 Å². The average Bonchev–Trinajstić information content (AvgIpc) is 3.09. The Morgan fingerprint density at radius 2 is 2.06 bits per heavy atom. The first-order valence-corrected chi connectivity index (χ1v) is 11.8. The van der Waals surface area contributed by atoms with Gasteiger partial charge in [0.25, 0.3) is 5.56 Å². The lowest BCUT2D eigenvalue weighted by molar-refractivity contribution is 0.114. The van der Waals surface area contributed by atoms with Gasteiger partial charge in [-0.05, 0) is 62.4 Å². The van der Waals surface area contributed by atoms with Crippen LogP contribution in [0, 0.1) is 0 Å². The van der Waals surface area contributed by atoms with E-state index in [1.165, 1.54) is 43.0 Å². The molecule has 2 aromatic heterocycles. The van der Waals surface area contributed by atoms with Gasteiger partial charge in [0.1, 0.15) is 5.75 Å². The minimum atomic E-state index is -0.284. The Hall–Kier alpha value is -2.57. The molecule has 0 radical (unpaired) electrons. The molecule has 1 aromatic carbocycles. The summed E-state index contributed by atoms with van der Waals surface area (Å²) in [6, 6.07) is 10.4. The molecule has 1 atom stereocenters. The Bertz CT molecular complexity index is 1130. The molecule has 1 saturated heterocycles. The molecule has 0 spiro atoms. The highest BCUT2D eigenvalue weighted by Gasteiger charge is 2.23. The maximum absolute atomic E-state index is 12.0. The van der Waals surface area contributed by atoms with Gasteiger partial charge in [0.15, 0.2) is 0 Å². The molecule has 1 fully saturated rings. The lowest BCUT2D eigenvalue weighted by Crippen LogP contribution is -2.39. The van der Waals surface area contributed by atoms with Gasteiger partial charge in [-0.15, -0.1) is 0 Å². The molecule has 4 rings (SSSR count). The van der Waals surface area contributed by atoms with Gasteiger partial charge in [-0.3, -0.25) is 9.69 Å². The van der Waals surface area contributed by atoms with Crippen molar-refractivity contribution in [3.8, 4) is 17.0 Å². The van der Waals surface area contributed by atoms with Crippen LogP contribution in [0.3, 0.4) is 0 Å². The number of pyridine rings is 1. The third kappa shape index (κ3) is 4.62. The second-order valence-electron chi connectivity index (χ2n) is 8.95. The van der Waals surface area contributed by atoms with E-state index in [0.717, 1.165) is 42.6 Å². The molecule has 1 aliphatic rings. The van der Waals surface area contributed by atoms with Crippen LogP contribution in [-0.2, 0) is 24.8 Å². The normalized spacial score (nSPS) is 17.3. The number of aromatic hydroxyl groups is 1. The van der Waals surface area contributed by atoms with E-state index in [2.05, 4.69) is 39.7 Å². The van der Waals surface area contributed by atoms with E-state index < -0.39 is 0 Å².